The van der Waals surface area contributed by atoms with Gasteiger partial charge in [0.1, 0.15) is 18.3 Å². The van der Waals surface area contributed by atoms with E-state index in [4.69, 9.17) is 16.3 Å². The van der Waals surface area contributed by atoms with Gasteiger partial charge in [0, 0.05) is 17.6 Å². The van der Waals surface area contributed by atoms with Crippen LogP contribution in [-0.4, -0.2) is 50.9 Å². The molecule has 0 unspecified atom stereocenters. The van der Waals surface area contributed by atoms with Gasteiger partial charge in [-0.25, -0.2) is 8.42 Å². The molecule has 2 atom stereocenters. The first kappa shape index (κ1) is 31.0. The van der Waals surface area contributed by atoms with Gasteiger partial charge in [-0.3, -0.25) is 13.9 Å². The standard InChI is InChI=1S/C30H36ClN3O5S/c1-6-22(3)32-30(36)23(4)33(19-24-10-8-12-27(18-24)39-5)29(35)20-34(26-11-7-9-21(2)17-26)40(37,38)28-15-13-25(31)14-16-28/h7-18,22-23H,6,19-20H2,1-5H3,(H,32,36)/t22-,23+/m1/s1. The second-order valence-electron chi connectivity index (χ2n) is 9.67. The molecule has 0 aliphatic rings. The number of hydrogen-bond acceptors (Lipinski definition) is 5. The predicted octanol–water partition coefficient (Wildman–Crippen LogP) is 5.18. The minimum absolute atomic E-state index is 0.00638. The number of halogens is 1. The van der Waals surface area contributed by atoms with Crippen LogP contribution >= 0.6 is 11.6 Å². The number of hydrogen-bond donors (Lipinski definition) is 1. The molecule has 0 aromatic heterocycles. The number of amides is 2. The van der Waals surface area contributed by atoms with Crippen LogP contribution < -0.4 is 14.4 Å². The molecule has 40 heavy (non-hydrogen) atoms. The highest BCUT2D eigenvalue weighted by Gasteiger charge is 2.33. The Balaban J connectivity index is 2.03. The van der Waals surface area contributed by atoms with Gasteiger partial charge in [0.2, 0.25) is 11.8 Å². The molecule has 0 radical (unpaired) electrons. The topological polar surface area (TPSA) is 96.0 Å². The molecule has 0 saturated carbocycles. The smallest absolute Gasteiger partial charge is 0.264 e. The van der Waals surface area contributed by atoms with Crippen molar-refractivity contribution in [1.82, 2.24) is 10.2 Å². The minimum Gasteiger partial charge on any atom is -0.497 e. The summed E-state index contributed by atoms with van der Waals surface area (Å²) in [6, 6.07) is 18.9. The molecule has 0 heterocycles. The maximum absolute atomic E-state index is 14.0. The van der Waals surface area contributed by atoms with Gasteiger partial charge in [-0.15, -0.1) is 0 Å². The second-order valence-corrected chi connectivity index (χ2v) is 12.0. The lowest BCUT2D eigenvalue weighted by molar-refractivity contribution is -0.139. The quantitative estimate of drug-likeness (QED) is 0.316. The molecule has 0 spiro atoms. The van der Waals surface area contributed by atoms with Crippen LogP contribution in [0.3, 0.4) is 0 Å². The molecule has 8 nitrogen and oxygen atoms in total. The number of rotatable bonds is 12. The number of ether oxygens (including phenoxy) is 1. The fourth-order valence-electron chi connectivity index (χ4n) is 4.06. The fraction of sp³-hybridized carbons (Fsp3) is 0.333. The first-order chi connectivity index (χ1) is 19.0. The van der Waals surface area contributed by atoms with Gasteiger partial charge in [-0.2, -0.15) is 0 Å². The van der Waals surface area contributed by atoms with E-state index in [0.29, 0.717) is 16.5 Å². The number of nitrogens with zero attached hydrogens (tertiary/aromatic N) is 2. The number of benzene rings is 3. The summed E-state index contributed by atoms with van der Waals surface area (Å²) < 4.78 is 34.1. The molecule has 0 saturated heterocycles. The van der Waals surface area contributed by atoms with Crippen molar-refractivity contribution < 1.29 is 22.7 Å². The molecule has 0 aliphatic carbocycles. The maximum Gasteiger partial charge on any atom is 0.264 e. The van der Waals surface area contributed by atoms with E-state index in [0.717, 1.165) is 21.9 Å². The molecule has 3 rings (SSSR count). The molecule has 2 amide bonds. The average molecular weight is 586 g/mol. The van der Waals surface area contributed by atoms with E-state index in [1.54, 1.807) is 50.4 Å². The third-order valence-corrected chi connectivity index (χ3v) is 8.67. The summed E-state index contributed by atoms with van der Waals surface area (Å²) in [7, 11) is -2.61. The van der Waals surface area contributed by atoms with E-state index in [2.05, 4.69) is 5.32 Å². The van der Waals surface area contributed by atoms with Crippen molar-refractivity contribution in [3.05, 3.63) is 88.9 Å². The van der Waals surface area contributed by atoms with E-state index in [-0.39, 0.29) is 23.4 Å². The molecular weight excluding hydrogens is 550 g/mol. The maximum atomic E-state index is 14.0. The first-order valence-electron chi connectivity index (χ1n) is 13.0. The third-order valence-electron chi connectivity index (χ3n) is 6.63. The van der Waals surface area contributed by atoms with Gasteiger partial charge < -0.3 is 15.0 Å². The number of anilines is 1. The normalized spacial score (nSPS) is 12.8. The molecule has 3 aromatic carbocycles. The Morgan fingerprint density at radius 3 is 2.30 bits per heavy atom. The van der Waals surface area contributed by atoms with Gasteiger partial charge in [0.25, 0.3) is 10.0 Å². The lowest BCUT2D eigenvalue weighted by Gasteiger charge is -2.32. The van der Waals surface area contributed by atoms with Crippen LogP contribution in [0, 0.1) is 6.92 Å². The number of nitrogens with one attached hydrogen (secondary N) is 1. The zero-order valence-electron chi connectivity index (χ0n) is 23.4. The van der Waals surface area contributed by atoms with E-state index in [1.807, 2.05) is 32.9 Å². The van der Waals surface area contributed by atoms with Gasteiger partial charge in [-0.05, 0) is 86.8 Å². The van der Waals surface area contributed by atoms with E-state index >= 15 is 0 Å². The zero-order valence-corrected chi connectivity index (χ0v) is 25.0. The van der Waals surface area contributed by atoms with Crippen molar-refractivity contribution in [1.29, 1.82) is 0 Å². The number of carbonyl (C=O) groups excluding carboxylic acids is 2. The molecule has 1 N–H and O–H groups in total. The van der Waals surface area contributed by atoms with Gasteiger partial charge in [0.05, 0.1) is 17.7 Å². The van der Waals surface area contributed by atoms with Gasteiger partial charge in [0.15, 0.2) is 0 Å². The summed E-state index contributed by atoms with van der Waals surface area (Å²) in [5.74, 6) is -0.254. The Bertz CT molecular complexity index is 1430. The molecule has 214 valence electrons. The van der Waals surface area contributed by atoms with Crippen molar-refractivity contribution in [2.75, 3.05) is 18.0 Å². The van der Waals surface area contributed by atoms with E-state index < -0.39 is 28.5 Å². The highest BCUT2D eigenvalue weighted by Crippen LogP contribution is 2.26. The van der Waals surface area contributed by atoms with Crippen LogP contribution in [-0.2, 0) is 26.2 Å². The summed E-state index contributed by atoms with van der Waals surface area (Å²) in [6.07, 6.45) is 0.725. The lowest BCUT2D eigenvalue weighted by Crippen LogP contribution is -2.52. The summed E-state index contributed by atoms with van der Waals surface area (Å²) in [4.78, 5) is 28.5. The number of carbonyl (C=O) groups is 2. The van der Waals surface area contributed by atoms with Gasteiger partial charge >= 0.3 is 0 Å². The average Bonchev–Trinajstić information content (AvgIpc) is 2.94. The fourth-order valence-corrected chi connectivity index (χ4v) is 5.59. The summed E-state index contributed by atoms with van der Waals surface area (Å²) in [5, 5.41) is 3.32. The van der Waals surface area contributed by atoms with Crippen LogP contribution in [0.25, 0.3) is 0 Å². The van der Waals surface area contributed by atoms with Crippen LogP contribution in [0.5, 0.6) is 5.75 Å². The number of sulfonamides is 1. The number of methoxy groups -OCH3 is 1. The minimum atomic E-state index is -4.16. The molecule has 10 heteroatoms. The lowest BCUT2D eigenvalue weighted by atomic mass is 10.1. The third kappa shape index (κ3) is 7.76. The van der Waals surface area contributed by atoms with Gasteiger partial charge in [-0.1, -0.05) is 42.8 Å². The van der Waals surface area contributed by atoms with Crippen LogP contribution in [0.2, 0.25) is 5.02 Å². The van der Waals surface area contributed by atoms with Crippen molar-refractivity contribution in [2.45, 2.75) is 57.6 Å². The van der Waals surface area contributed by atoms with Crippen LogP contribution in [0.15, 0.2) is 77.7 Å². The molecule has 3 aromatic rings. The van der Waals surface area contributed by atoms with Crippen molar-refractivity contribution in [3.8, 4) is 5.75 Å². The number of aryl methyl sites for hydroxylation is 1. The summed E-state index contributed by atoms with van der Waals surface area (Å²) in [5.41, 5.74) is 1.90. The Hall–Kier alpha value is -3.56. The summed E-state index contributed by atoms with van der Waals surface area (Å²) in [6.45, 7) is 6.88. The Labute approximate surface area is 241 Å². The monoisotopic (exact) mass is 585 g/mol. The molecule has 0 bridgehead atoms. The highest BCUT2D eigenvalue weighted by molar-refractivity contribution is 7.92. The second kappa shape index (κ2) is 13.7. The first-order valence-corrected chi connectivity index (χ1v) is 14.9. The van der Waals surface area contributed by atoms with Crippen molar-refractivity contribution in [2.24, 2.45) is 0 Å². The molecule has 0 fully saturated rings. The Kier molecular flexibility index (Phi) is 10.6. The van der Waals surface area contributed by atoms with Crippen molar-refractivity contribution >= 4 is 39.1 Å². The Morgan fingerprint density at radius 1 is 1.00 bits per heavy atom. The molecule has 0 aliphatic heterocycles. The van der Waals surface area contributed by atoms with E-state index in [9.17, 15) is 18.0 Å². The highest BCUT2D eigenvalue weighted by atomic mass is 35.5. The van der Waals surface area contributed by atoms with Crippen LogP contribution in [0.1, 0.15) is 38.3 Å². The van der Waals surface area contributed by atoms with Crippen molar-refractivity contribution in [3.63, 3.8) is 0 Å². The molecular formula is C30H36ClN3O5S. The SMILES string of the molecule is CC[C@@H](C)NC(=O)[C@H](C)N(Cc1cccc(OC)c1)C(=O)CN(c1cccc(C)c1)S(=O)(=O)c1ccc(Cl)cc1. The largest absolute Gasteiger partial charge is 0.497 e. The summed E-state index contributed by atoms with van der Waals surface area (Å²) >= 11 is 6.00. The predicted molar refractivity (Wildman–Crippen MR) is 158 cm³/mol. The van der Waals surface area contributed by atoms with Crippen LogP contribution in [0.4, 0.5) is 5.69 Å². The zero-order chi connectivity index (χ0) is 29.4. The Morgan fingerprint density at radius 2 is 1.68 bits per heavy atom. The van der Waals surface area contributed by atoms with E-state index in [1.165, 1.54) is 29.2 Å².